The number of benzene rings is 1. The molecule has 1 aromatic carbocycles. The third kappa shape index (κ3) is 3.44. The molecule has 29 heavy (non-hydrogen) atoms. The number of hydrogen-bond acceptors (Lipinski definition) is 3. The van der Waals surface area contributed by atoms with Crippen molar-refractivity contribution in [1.29, 1.82) is 0 Å². The normalized spacial score (nSPS) is 29.1. The standard InChI is InChI=1S/C24H28N2O3/c27-15-21-23(18-9-7-17(8-10-18)6-5-16-3-1-2-4-16)20-13-25(14-22(28)26(20)21)24(29)19-11-12-19/h7-10,16,19-21,23,27H,1-4,11-15H2/t20-,21+,23-/m1/s1. The van der Waals surface area contributed by atoms with E-state index in [1.165, 1.54) is 25.7 Å². The maximum Gasteiger partial charge on any atom is 0.242 e. The fourth-order valence-corrected chi connectivity index (χ4v) is 5.30. The van der Waals surface area contributed by atoms with Crippen LogP contribution in [0.1, 0.15) is 55.6 Å². The van der Waals surface area contributed by atoms with Crippen molar-refractivity contribution < 1.29 is 14.7 Å². The number of rotatable bonds is 3. The molecule has 2 aliphatic carbocycles. The highest BCUT2D eigenvalue weighted by Crippen LogP contribution is 2.43. The second-order valence-electron chi connectivity index (χ2n) is 9.01. The summed E-state index contributed by atoms with van der Waals surface area (Å²) in [4.78, 5) is 28.7. The Balaban J connectivity index is 1.32. The lowest BCUT2D eigenvalue weighted by atomic mass is 9.73. The summed E-state index contributed by atoms with van der Waals surface area (Å²) in [7, 11) is 0. The number of piperazine rings is 1. The van der Waals surface area contributed by atoms with E-state index in [-0.39, 0.29) is 48.9 Å². The summed E-state index contributed by atoms with van der Waals surface area (Å²) in [6, 6.07) is 8.02. The molecular weight excluding hydrogens is 364 g/mol. The monoisotopic (exact) mass is 392 g/mol. The molecule has 0 radical (unpaired) electrons. The summed E-state index contributed by atoms with van der Waals surface area (Å²) in [6.07, 6.45) is 6.91. The van der Waals surface area contributed by atoms with Crippen molar-refractivity contribution in [3.63, 3.8) is 0 Å². The van der Waals surface area contributed by atoms with Crippen molar-refractivity contribution in [2.45, 2.75) is 56.5 Å². The van der Waals surface area contributed by atoms with E-state index in [0.717, 1.165) is 24.0 Å². The Morgan fingerprint density at radius 2 is 1.83 bits per heavy atom. The first-order valence-corrected chi connectivity index (χ1v) is 11.0. The topological polar surface area (TPSA) is 60.9 Å². The highest BCUT2D eigenvalue weighted by atomic mass is 16.3. The summed E-state index contributed by atoms with van der Waals surface area (Å²) >= 11 is 0. The number of nitrogens with zero attached hydrogens (tertiary/aromatic N) is 2. The van der Waals surface area contributed by atoms with Crippen molar-refractivity contribution in [2.75, 3.05) is 19.7 Å². The Hall–Kier alpha value is -2.32. The summed E-state index contributed by atoms with van der Waals surface area (Å²) in [5.41, 5.74) is 2.13. The molecule has 5 rings (SSSR count). The average Bonchev–Trinajstić information content (AvgIpc) is 3.44. The van der Waals surface area contributed by atoms with E-state index in [2.05, 4.69) is 24.0 Å². The van der Waals surface area contributed by atoms with Crippen molar-refractivity contribution >= 4 is 11.8 Å². The maximum atomic E-state index is 12.6. The molecule has 4 fully saturated rings. The number of amides is 2. The van der Waals surface area contributed by atoms with Gasteiger partial charge in [0.15, 0.2) is 0 Å². The fourth-order valence-electron chi connectivity index (χ4n) is 5.30. The number of fused-ring (bicyclic) bond motifs is 1. The lowest BCUT2D eigenvalue weighted by molar-refractivity contribution is -0.167. The van der Waals surface area contributed by atoms with Gasteiger partial charge in [-0.25, -0.2) is 0 Å². The van der Waals surface area contributed by atoms with E-state index in [9.17, 15) is 14.7 Å². The van der Waals surface area contributed by atoms with Crippen LogP contribution in [0, 0.1) is 23.7 Å². The summed E-state index contributed by atoms with van der Waals surface area (Å²) in [6.45, 7) is 0.683. The minimum Gasteiger partial charge on any atom is -0.394 e. The highest BCUT2D eigenvalue weighted by Gasteiger charge is 2.55. The first-order valence-electron chi connectivity index (χ1n) is 11.0. The largest absolute Gasteiger partial charge is 0.394 e. The minimum atomic E-state index is -0.193. The van der Waals surface area contributed by atoms with Gasteiger partial charge in [-0.05, 0) is 43.4 Å². The highest BCUT2D eigenvalue weighted by molar-refractivity contribution is 5.89. The molecule has 1 N–H and O–H groups in total. The summed E-state index contributed by atoms with van der Waals surface area (Å²) in [5.74, 6) is 7.51. The Kier molecular flexibility index (Phi) is 4.83. The van der Waals surface area contributed by atoms with Gasteiger partial charge in [-0.1, -0.05) is 36.8 Å². The molecule has 4 aliphatic rings. The smallest absolute Gasteiger partial charge is 0.242 e. The van der Waals surface area contributed by atoms with Crippen LogP contribution in [0.2, 0.25) is 0 Å². The van der Waals surface area contributed by atoms with E-state index in [4.69, 9.17) is 0 Å². The van der Waals surface area contributed by atoms with Crippen molar-refractivity contribution in [3.8, 4) is 11.8 Å². The van der Waals surface area contributed by atoms with Crippen LogP contribution in [0.4, 0.5) is 0 Å². The van der Waals surface area contributed by atoms with Gasteiger partial charge in [-0.3, -0.25) is 9.59 Å². The van der Waals surface area contributed by atoms with Crippen LogP contribution < -0.4 is 0 Å². The van der Waals surface area contributed by atoms with Gasteiger partial charge in [-0.15, -0.1) is 0 Å². The van der Waals surface area contributed by atoms with Gasteiger partial charge in [0.1, 0.15) is 0 Å². The number of carbonyl (C=O) groups excluding carboxylic acids is 2. The third-order valence-corrected chi connectivity index (χ3v) is 7.06. The Morgan fingerprint density at radius 1 is 1.10 bits per heavy atom. The van der Waals surface area contributed by atoms with Crippen molar-refractivity contribution in [1.82, 2.24) is 9.80 Å². The number of hydrogen-bond donors (Lipinski definition) is 1. The third-order valence-electron chi connectivity index (χ3n) is 7.06. The molecule has 2 saturated heterocycles. The lowest BCUT2D eigenvalue weighted by Gasteiger charge is -2.58. The van der Waals surface area contributed by atoms with Crippen LogP contribution in [0.3, 0.4) is 0 Å². The molecule has 2 amide bonds. The molecule has 152 valence electrons. The molecule has 0 aromatic heterocycles. The quantitative estimate of drug-likeness (QED) is 0.802. The second-order valence-corrected chi connectivity index (χ2v) is 9.01. The van der Waals surface area contributed by atoms with Crippen LogP contribution in [0.5, 0.6) is 0 Å². The zero-order valence-electron chi connectivity index (χ0n) is 16.7. The Morgan fingerprint density at radius 3 is 2.48 bits per heavy atom. The molecule has 1 aromatic rings. The maximum absolute atomic E-state index is 12.6. The van der Waals surface area contributed by atoms with Gasteiger partial charge in [0.25, 0.3) is 0 Å². The van der Waals surface area contributed by atoms with Gasteiger partial charge < -0.3 is 14.9 Å². The minimum absolute atomic E-state index is 0.0356. The first-order chi connectivity index (χ1) is 14.2. The van der Waals surface area contributed by atoms with E-state index in [0.29, 0.717) is 12.5 Å². The SMILES string of the molecule is O=C(C1CC1)N1CC(=O)N2[C@H](C1)[C@@H](c1ccc(C#CC3CCCC3)cc1)[C@@H]2CO. The van der Waals surface area contributed by atoms with Crippen molar-refractivity contribution in [3.05, 3.63) is 35.4 Å². The zero-order chi connectivity index (χ0) is 20.0. The van der Waals surface area contributed by atoms with Gasteiger partial charge in [0.05, 0.1) is 25.2 Å². The average molecular weight is 392 g/mol. The van der Waals surface area contributed by atoms with E-state index >= 15 is 0 Å². The van der Waals surface area contributed by atoms with Crippen LogP contribution in [-0.2, 0) is 9.59 Å². The number of carbonyl (C=O) groups is 2. The molecule has 2 saturated carbocycles. The van der Waals surface area contributed by atoms with Crippen molar-refractivity contribution in [2.24, 2.45) is 11.8 Å². The van der Waals surface area contributed by atoms with E-state index in [1.54, 1.807) is 9.80 Å². The van der Waals surface area contributed by atoms with E-state index < -0.39 is 0 Å². The van der Waals surface area contributed by atoms with Crippen LogP contribution in [-0.4, -0.2) is 58.5 Å². The zero-order valence-corrected chi connectivity index (χ0v) is 16.7. The molecule has 0 bridgehead atoms. The summed E-state index contributed by atoms with van der Waals surface area (Å²) in [5, 5.41) is 9.91. The van der Waals surface area contributed by atoms with Gasteiger partial charge in [0.2, 0.25) is 11.8 Å². The fraction of sp³-hybridized carbons (Fsp3) is 0.583. The van der Waals surface area contributed by atoms with Crippen LogP contribution in [0.15, 0.2) is 24.3 Å². The lowest BCUT2D eigenvalue weighted by Crippen LogP contribution is -2.73. The molecule has 3 atom stereocenters. The first kappa shape index (κ1) is 18.7. The van der Waals surface area contributed by atoms with E-state index in [1.807, 2.05) is 12.1 Å². The molecule has 2 heterocycles. The molecule has 0 unspecified atom stereocenters. The molecular formula is C24H28N2O3. The molecule has 5 nitrogen and oxygen atoms in total. The predicted octanol–water partition coefficient (Wildman–Crippen LogP) is 2.14. The van der Waals surface area contributed by atoms with Gasteiger partial charge in [-0.2, -0.15) is 0 Å². The number of aliphatic hydroxyl groups excluding tert-OH is 1. The van der Waals surface area contributed by atoms with Crippen LogP contribution >= 0.6 is 0 Å². The Labute approximate surface area is 172 Å². The summed E-state index contributed by atoms with van der Waals surface area (Å²) < 4.78 is 0. The number of aliphatic hydroxyl groups is 1. The predicted molar refractivity (Wildman–Crippen MR) is 109 cm³/mol. The molecule has 2 aliphatic heterocycles. The van der Waals surface area contributed by atoms with Crippen LogP contribution in [0.25, 0.3) is 0 Å². The second kappa shape index (κ2) is 7.50. The molecule has 0 spiro atoms. The van der Waals surface area contributed by atoms with Gasteiger partial charge >= 0.3 is 0 Å². The molecule has 5 heteroatoms. The Bertz CT molecular complexity index is 858. The van der Waals surface area contributed by atoms with Gasteiger partial charge in [0, 0.05) is 29.9 Å².